The predicted molar refractivity (Wildman–Crippen MR) is 113 cm³/mol. The van der Waals surface area contributed by atoms with Gasteiger partial charge in [0, 0.05) is 12.6 Å². The lowest BCUT2D eigenvalue weighted by molar-refractivity contribution is -0.123. The molecule has 8 nitrogen and oxygen atoms in total. The van der Waals surface area contributed by atoms with Gasteiger partial charge in [-0.1, -0.05) is 6.07 Å². The summed E-state index contributed by atoms with van der Waals surface area (Å²) in [7, 11) is -0.812. The van der Waals surface area contributed by atoms with Gasteiger partial charge in [0.2, 0.25) is 0 Å². The third kappa shape index (κ3) is 5.58. The van der Waals surface area contributed by atoms with Gasteiger partial charge in [-0.25, -0.2) is 8.42 Å². The van der Waals surface area contributed by atoms with Crippen LogP contribution >= 0.6 is 0 Å². The van der Waals surface area contributed by atoms with E-state index in [0.717, 1.165) is 0 Å². The fraction of sp³-hybridized carbons (Fsp3) is 0.227. The third-order valence-corrected chi connectivity index (χ3v) is 6.60. The van der Waals surface area contributed by atoms with E-state index in [1.807, 2.05) is 0 Å². The fourth-order valence-electron chi connectivity index (χ4n) is 2.86. The maximum absolute atomic E-state index is 13.2. The van der Waals surface area contributed by atoms with Crippen molar-refractivity contribution in [3.05, 3.63) is 72.7 Å². The van der Waals surface area contributed by atoms with Crippen LogP contribution in [0, 0.1) is 0 Å². The Bertz CT molecular complexity index is 1090. The van der Waals surface area contributed by atoms with Gasteiger partial charge >= 0.3 is 0 Å². The number of benzene rings is 2. The Morgan fingerprint density at radius 1 is 0.968 bits per heavy atom. The van der Waals surface area contributed by atoms with Gasteiger partial charge in [-0.15, -0.1) is 0 Å². The molecule has 0 bridgehead atoms. The largest absolute Gasteiger partial charge is 0.497 e. The molecule has 1 amide bonds. The summed E-state index contributed by atoms with van der Waals surface area (Å²) in [5.74, 6) is 1.36. The number of furan rings is 1. The van der Waals surface area contributed by atoms with Crippen molar-refractivity contribution in [2.75, 3.05) is 27.4 Å². The average Bonchev–Trinajstić information content (AvgIpc) is 3.32. The van der Waals surface area contributed by atoms with E-state index in [-0.39, 0.29) is 23.8 Å². The number of amides is 1. The predicted octanol–water partition coefficient (Wildman–Crippen LogP) is 3.01. The SMILES string of the molecule is COc1ccc(S(=O)(=O)[C@@H](CNC(=O)COc2cccc(OC)c2)c2ccco2)cc1. The van der Waals surface area contributed by atoms with Crippen LogP contribution in [-0.4, -0.2) is 41.7 Å². The first kappa shape index (κ1) is 22.2. The van der Waals surface area contributed by atoms with Gasteiger partial charge in [0.15, 0.2) is 16.4 Å². The molecule has 2 aromatic carbocycles. The Kier molecular flexibility index (Phi) is 7.19. The minimum Gasteiger partial charge on any atom is -0.497 e. The van der Waals surface area contributed by atoms with Crippen LogP contribution in [0.5, 0.6) is 17.2 Å². The van der Waals surface area contributed by atoms with Crippen molar-refractivity contribution in [2.45, 2.75) is 10.1 Å². The van der Waals surface area contributed by atoms with E-state index < -0.39 is 21.0 Å². The normalized spacial score (nSPS) is 12.1. The van der Waals surface area contributed by atoms with Crippen LogP contribution in [0.3, 0.4) is 0 Å². The molecule has 9 heteroatoms. The van der Waals surface area contributed by atoms with E-state index in [9.17, 15) is 13.2 Å². The van der Waals surface area contributed by atoms with Gasteiger partial charge in [0.25, 0.3) is 5.91 Å². The van der Waals surface area contributed by atoms with E-state index in [0.29, 0.717) is 17.2 Å². The zero-order chi connectivity index (χ0) is 22.3. The summed E-state index contributed by atoms with van der Waals surface area (Å²) in [6.45, 7) is -0.456. The molecule has 3 aromatic rings. The highest BCUT2D eigenvalue weighted by Gasteiger charge is 2.32. The topological polar surface area (TPSA) is 104 Å². The maximum atomic E-state index is 13.2. The van der Waals surface area contributed by atoms with Gasteiger partial charge in [0.1, 0.15) is 28.3 Å². The number of sulfone groups is 1. The summed E-state index contributed by atoms with van der Waals surface area (Å²) in [6.07, 6.45) is 1.39. The van der Waals surface area contributed by atoms with E-state index in [1.54, 1.807) is 48.5 Å². The second-order valence-corrected chi connectivity index (χ2v) is 8.63. The van der Waals surface area contributed by atoms with Gasteiger partial charge in [0.05, 0.1) is 25.4 Å². The first-order chi connectivity index (χ1) is 14.9. The van der Waals surface area contributed by atoms with Crippen molar-refractivity contribution in [3.63, 3.8) is 0 Å². The Morgan fingerprint density at radius 3 is 2.32 bits per heavy atom. The quantitative estimate of drug-likeness (QED) is 0.512. The number of carbonyl (C=O) groups is 1. The van der Waals surface area contributed by atoms with Crippen LogP contribution in [0.1, 0.15) is 11.0 Å². The van der Waals surface area contributed by atoms with Crippen LogP contribution in [0.4, 0.5) is 0 Å². The molecule has 0 fully saturated rings. The molecule has 1 N–H and O–H groups in total. The maximum Gasteiger partial charge on any atom is 0.257 e. The molecule has 1 atom stereocenters. The van der Waals surface area contributed by atoms with Crippen LogP contribution in [0.2, 0.25) is 0 Å². The molecule has 0 unspecified atom stereocenters. The van der Waals surface area contributed by atoms with Crippen molar-refractivity contribution in [1.29, 1.82) is 0 Å². The lowest BCUT2D eigenvalue weighted by Gasteiger charge is -2.17. The molecule has 1 aromatic heterocycles. The number of carbonyl (C=O) groups excluding carboxylic acids is 1. The molecule has 164 valence electrons. The van der Waals surface area contributed by atoms with Crippen molar-refractivity contribution >= 4 is 15.7 Å². The van der Waals surface area contributed by atoms with Crippen molar-refractivity contribution in [2.24, 2.45) is 0 Å². The van der Waals surface area contributed by atoms with Gasteiger partial charge in [-0.3, -0.25) is 4.79 Å². The lowest BCUT2D eigenvalue weighted by atomic mass is 10.3. The first-order valence-corrected chi connectivity index (χ1v) is 10.9. The highest BCUT2D eigenvalue weighted by atomic mass is 32.2. The molecule has 0 saturated heterocycles. The van der Waals surface area contributed by atoms with Crippen LogP contribution in [0.15, 0.2) is 76.2 Å². The minimum absolute atomic E-state index is 0.0941. The summed E-state index contributed by atoms with van der Waals surface area (Å²) >= 11 is 0. The molecular weight excluding hydrogens is 422 g/mol. The number of rotatable bonds is 10. The number of hydrogen-bond donors (Lipinski definition) is 1. The smallest absolute Gasteiger partial charge is 0.257 e. The number of hydrogen-bond acceptors (Lipinski definition) is 7. The van der Waals surface area contributed by atoms with E-state index >= 15 is 0 Å². The van der Waals surface area contributed by atoms with Gasteiger partial charge in [-0.2, -0.15) is 0 Å². The van der Waals surface area contributed by atoms with Crippen molar-refractivity contribution in [1.82, 2.24) is 5.32 Å². The Labute approximate surface area is 180 Å². The summed E-state index contributed by atoms with van der Waals surface area (Å²) in [4.78, 5) is 12.4. The second-order valence-electron chi connectivity index (χ2n) is 6.50. The summed E-state index contributed by atoms with van der Waals surface area (Å²) in [6, 6.07) is 16.0. The monoisotopic (exact) mass is 445 g/mol. The molecule has 31 heavy (non-hydrogen) atoms. The molecular formula is C22H23NO7S. The number of nitrogens with one attached hydrogen (secondary N) is 1. The molecule has 3 rings (SSSR count). The molecule has 0 spiro atoms. The van der Waals surface area contributed by atoms with Crippen LogP contribution in [-0.2, 0) is 14.6 Å². The molecule has 0 aliphatic rings. The molecule has 0 aliphatic carbocycles. The Balaban J connectivity index is 1.69. The number of ether oxygens (including phenoxy) is 3. The highest BCUT2D eigenvalue weighted by Crippen LogP contribution is 2.30. The molecule has 0 saturated carbocycles. The molecule has 0 radical (unpaired) electrons. The van der Waals surface area contributed by atoms with Crippen LogP contribution in [0.25, 0.3) is 0 Å². The van der Waals surface area contributed by atoms with Gasteiger partial charge < -0.3 is 23.9 Å². The fourth-order valence-corrected chi connectivity index (χ4v) is 4.45. The summed E-state index contributed by atoms with van der Waals surface area (Å²) in [5.41, 5.74) is 0. The first-order valence-electron chi connectivity index (χ1n) is 9.39. The Morgan fingerprint density at radius 2 is 1.68 bits per heavy atom. The second kappa shape index (κ2) is 10.0. The molecule has 1 heterocycles. The van der Waals surface area contributed by atoms with Gasteiger partial charge in [-0.05, 0) is 48.5 Å². The minimum atomic E-state index is -3.84. The standard InChI is InChI=1S/C22H23NO7S/c1-27-16-8-10-19(11-9-16)31(25,26)21(20-7-4-12-29-20)14-23-22(24)15-30-18-6-3-5-17(13-18)28-2/h3-13,21H,14-15H2,1-2H3,(H,23,24)/t21-/m0/s1. The highest BCUT2D eigenvalue weighted by molar-refractivity contribution is 7.91. The number of methoxy groups -OCH3 is 2. The zero-order valence-corrected chi connectivity index (χ0v) is 17.9. The third-order valence-electron chi connectivity index (χ3n) is 4.52. The summed E-state index contributed by atoms with van der Waals surface area (Å²) < 4.78 is 47.4. The van der Waals surface area contributed by atoms with Crippen LogP contribution < -0.4 is 19.5 Å². The summed E-state index contributed by atoms with van der Waals surface area (Å²) in [5, 5.41) is 1.51. The Hall–Kier alpha value is -3.46. The average molecular weight is 445 g/mol. The van der Waals surface area contributed by atoms with E-state index in [1.165, 1.54) is 32.6 Å². The molecule has 0 aliphatic heterocycles. The van der Waals surface area contributed by atoms with Crippen molar-refractivity contribution < 1.29 is 31.8 Å². The van der Waals surface area contributed by atoms with E-state index in [4.69, 9.17) is 18.6 Å². The zero-order valence-electron chi connectivity index (χ0n) is 17.1. The van der Waals surface area contributed by atoms with E-state index in [2.05, 4.69) is 5.32 Å². The lowest BCUT2D eigenvalue weighted by Crippen LogP contribution is -2.34. The van der Waals surface area contributed by atoms with Crippen molar-refractivity contribution in [3.8, 4) is 17.2 Å².